The molecule has 37 heavy (non-hydrogen) atoms. The van der Waals surface area contributed by atoms with E-state index in [0.717, 1.165) is 52.1 Å². The maximum atomic E-state index is 4.52. The zero-order chi connectivity index (χ0) is 29.9. The summed E-state index contributed by atoms with van der Waals surface area (Å²) in [5.41, 5.74) is 1.09. The highest BCUT2D eigenvalue weighted by Gasteiger charge is 2.51. The van der Waals surface area contributed by atoms with Crippen molar-refractivity contribution < 1.29 is 0 Å². The van der Waals surface area contributed by atoms with Crippen LogP contribution >= 0.6 is 0 Å². The van der Waals surface area contributed by atoms with E-state index < -0.39 is 0 Å². The lowest BCUT2D eigenvalue weighted by Crippen LogP contribution is -2.74. The van der Waals surface area contributed by atoms with E-state index in [4.69, 9.17) is 0 Å². The van der Waals surface area contributed by atoms with Crippen molar-refractivity contribution in [2.75, 3.05) is 39.3 Å². The normalized spacial score (nSPS) is 15.4. The van der Waals surface area contributed by atoms with Crippen LogP contribution in [0.25, 0.3) is 0 Å². The summed E-state index contributed by atoms with van der Waals surface area (Å²) in [5, 5.41) is 0. The first-order valence-corrected chi connectivity index (χ1v) is 15.0. The fourth-order valence-corrected chi connectivity index (χ4v) is 5.67. The highest BCUT2D eigenvalue weighted by molar-refractivity contribution is 4.99. The first-order chi connectivity index (χ1) is 16.0. The summed E-state index contributed by atoms with van der Waals surface area (Å²) >= 11 is 0. The molecule has 223 valence electrons. The van der Waals surface area contributed by atoms with E-state index in [1.54, 1.807) is 0 Å². The lowest BCUT2D eigenvalue weighted by molar-refractivity contribution is -0.214. The summed E-state index contributed by atoms with van der Waals surface area (Å²) in [4.78, 5) is 8.69. The highest BCUT2D eigenvalue weighted by atomic mass is 15.6. The van der Waals surface area contributed by atoms with Gasteiger partial charge in [0, 0.05) is 39.3 Å². The minimum atomic E-state index is -0.219. The Morgan fingerprint density at radius 3 is 0.622 bits per heavy atom. The Morgan fingerprint density at radius 1 is 0.351 bits per heavy atom. The first-order valence-electron chi connectivity index (χ1n) is 15.0. The fraction of sp³-hybridized carbons (Fsp3) is 0.971. The van der Waals surface area contributed by atoms with Crippen LogP contribution in [0, 0.1) is 39.4 Å². The van der Waals surface area contributed by atoms with E-state index in [1.165, 1.54) is 0 Å². The second-order valence-electron chi connectivity index (χ2n) is 19.3. The van der Waals surface area contributed by atoms with Crippen LogP contribution in [0.5, 0.6) is 0 Å². The Morgan fingerprint density at radius 2 is 0.514 bits per heavy atom. The van der Waals surface area contributed by atoms with Crippen molar-refractivity contribution in [3.05, 3.63) is 6.92 Å². The highest BCUT2D eigenvalue weighted by Crippen LogP contribution is 2.41. The Hall–Kier alpha value is -0.120. The minimum absolute atomic E-state index is 0.182. The quantitative estimate of drug-likeness (QED) is 0.250. The van der Waals surface area contributed by atoms with Crippen LogP contribution < -0.4 is 0 Å². The van der Waals surface area contributed by atoms with Gasteiger partial charge in [0.25, 0.3) is 0 Å². The molecule has 3 heteroatoms. The van der Waals surface area contributed by atoms with E-state index >= 15 is 0 Å². The Bertz CT molecular complexity index is 514. The van der Waals surface area contributed by atoms with Gasteiger partial charge < -0.3 is 0 Å². The topological polar surface area (TPSA) is 9.72 Å². The Balaban J connectivity index is 7.73. The molecule has 0 aromatic rings. The zero-order valence-electron chi connectivity index (χ0n) is 29.2. The predicted molar refractivity (Wildman–Crippen MR) is 169 cm³/mol. The molecule has 0 saturated carbocycles. The van der Waals surface area contributed by atoms with Crippen LogP contribution in [0.2, 0.25) is 0 Å². The summed E-state index contributed by atoms with van der Waals surface area (Å²) in [7, 11) is 0. The summed E-state index contributed by atoms with van der Waals surface area (Å²) in [5.74, 6) is -0.219. The molecule has 0 spiro atoms. The average Bonchev–Trinajstić information content (AvgIpc) is 2.49. The molecule has 0 aliphatic rings. The van der Waals surface area contributed by atoms with Gasteiger partial charge in [-0.05, 0) is 45.3 Å². The molecule has 0 fully saturated rings. The van der Waals surface area contributed by atoms with Gasteiger partial charge >= 0.3 is 0 Å². The van der Waals surface area contributed by atoms with Crippen molar-refractivity contribution in [1.29, 1.82) is 0 Å². The van der Waals surface area contributed by atoms with E-state index in [-0.39, 0.29) is 38.3 Å². The van der Waals surface area contributed by atoms with Gasteiger partial charge in [-0.1, -0.05) is 132 Å². The molecular formula is C34H72N3. The van der Waals surface area contributed by atoms with Gasteiger partial charge in [-0.25, -0.2) is 0 Å². The van der Waals surface area contributed by atoms with E-state index in [1.807, 2.05) is 0 Å². The number of hydrogen-bond donors (Lipinski definition) is 0. The van der Waals surface area contributed by atoms with Crippen LogP contribution in [0.15, 0.2) is 0 Å². The third-order valence-electron chi connectivity index (χ3n) is 6.02. The molecule has 0 aliphatic heterocycles. The van der Waals surface area contributed by atoms with Crippen molar-refractivity contribution in [2.45, 2.75) is 143 Å². The van der Waals surface area contributed by atoms with E-state index in [0.29, 0.717) is 0 Å². The Kier molecular flexibility index (Phi) is 12.6. The lowest BCUT2D eigenvalue weighted by atomic mass is 9.84. The van der Waals surface area contributed by atoms with Crippen LogP contribution in [0.1, 0.15) is 137 Å². The van der Waals surface area contributed by atoms with Crippen LogP contribution in [0.3, 0.4) is 0 Å². The van der Waals surface area contributed by atoms with Crippen LogP contribution in [-0.4, -0.2) is 59.8 Å². The van der Waals surface area contributed by atoms with E-state index in [2.05, 4.69) is 146 Å². The van der Waals surface area contributed by atoms with Crippen molar-refractivity contribution in [1.82, 2.24) is 14.7 Å². The van der Waals surface area contributed by atoms with Gasteiger partial charge in [0.1, 0.15) is 5.79 Å². The largest absolute Gasteiger partial charge is 0.272 e. The molecule has 0 rings (SSSR count). The molecule has 1 radical (unpaired) electrons. The zero-order valence-corrected chi connectivity index (χ0v) is 29.2. The summed E-state index contributed by atoms with van der Waals surface area (Å²) < 4.78 is 0. The first kappa shape index (κ1) is 36.9. The van der Waals surface area contributed by atoms with Crippen molar-refractivity contribution in [2.24, 2.45) is 32.5 Å². The molecule has 0 N–H and O–H groups in total. The molecular weight excluding hydrogens is 450 g/mol. The Labute approximate surface area is 236 Å². The number of hydrogen-bond acceptors (Lipinski definition) is 3. The van der Waals surface area contributed by atoms with Crippen molar-refractivity contribution >= 4 is 0 Å². The number of rotatable bonds is 11. The van der Waals surface area contributed by atoms with Gasteiger partial charge in [-0.3, -0.25) is 14.7 Å². The maximum Gasteiger partial charge on any atom is 0.131 e. The van der Waals surface area contributed by atoms with Crippen LogP contribution in [-0.2, 0) is 0 Å². The van der Waals surface area contributed by atoms with Crippen molar-refractivity contribution in [3.63, 3.8) is 0 Å². The predicted octanol–water partition coefficient (Wildman–Crippen LogP) is 9.44. The standard InChI is InChI=1S/C34H72N3/c1-20-21-34(35(22-28(2,3)4)23-29(5,6)7,36(24-30(8,9)10)25-31(11,12)13)37(26-32(14,15)16)27-33(17,18)19/h1,20-27H2,2-19H3. The van der Waals surface area contributed by atoms with Gasteiger partial charge in [-0.2, -0.15) is 0 Å². The average molecular weight is 523 g/mol. The third-order valence-corrected chi connectivity index (χ3v) is 6.02. The minimum Gasteiger partial charge on any atom is -0.272 e. The molecule has 0 aromatic heterocycles. The summed E-state index contributed by atoms with van der Waals surface area (Å²) in [6.07, 6.45) is 1.96. The molecule has 0 amide bonds. The van der Waals surface area contributed by atoms with Gasteiger partial charge in [0.2, 0.25) is 0 Å². The molecule has 0 aliphatic carbocycles. The van der Waals surface area contributed by atoms with Gasteiger partial charge in [0.15, 0.2) is 0 Å². The monoisotopic (exact) mass is 523 g/mol. The summed E-state index contributed by atoms with van der Waals surface area (Å²) in [6.45, 7) is 54.2. The van der Waals surface area contributed by atoms with Crippen LogP contribution in [0.4, 0.5) is 0 Å². The SMILES string of the molecule is [CH2]CCC(N(CC(C)(C)C)CC(C)(C)C)(N(CC(C)(C)C)CC(C)(C)C)N(CC(C)(C)C)CC(C)(C)C. The molecule has 0 aromatic carbocycles. The van der Waals surface area contributed by atoms with Gasteiger partial charge in [0.05, 0.1) is 0 Å². The molecule has 0 unspecified atom stereocenters. The van der Waals surface area contributed by atoms with Crippen molar-refractivity contribution in [3.8, 4) is 0 Å². The lowest BCUT2D eigenvalue weighted by Gasteiger charge is -2.62. The molecule has 0 bridgehead atoms. The van der Waals surface area contributed by atoms with E-state index in [9.17, 15) is 0 Å². The third kappa shape index (κ3) is 15.3. The fourth-order valence-electron chi connectivity index (χ4n) is 5.67. The smallest absolute Gasteiger partial charge is 0.131 e. The summed E-state index contributed by atoms with van der Waals surface area (Å²) in [6, 6.07) is 0. The number of nitrogens with zero attached hydrogens (tertiary/aromatic N) is 3. The molecule has 0 saturated heterocycles. The molecule has 3 nitrogen and oxygen atoms in total. The maximum absolute atomic E-state index is 4.52. The second kappa shape index (κ2) is 12.6. The molecule has 0 atom stereocenters. The second-order valence-corrected chi connectivity index (χ2v) is 19.3. The van der Waals surface area contributed by atoms with Gasteiger partial charge in [-0.15, -0.1) is 0 Å². The molecule has 0 heterocycles.